The van der Waals surface area contributed by atoms with Crippen LogP contribution in [0.25, 0.3) is 0 Å². The van der Waals surface area contributed by atoms with Crippen LogP contribution in [0.5, 0.6) is 0 Å². The lowest BCUT2D eigenvalue weighted by Crippen LogP contribution is -2.04. The van der Waals surface area contributed by atoms with Crippen molar-refractivity contribution in [2.75, 3.05) is 17.6 Å². The van der Waals surface area contributed by atoms with Gasteiger partial charge in [0.05, 0.1) is 11.4 Å². The van der Waals surface area contributed by atoms with Gasteiger partial charge in [0.15, 0.2) is 0 Å². The molecule has 17 heavy (non-hydrogen) atoms. The molecule has 0 saturated carbocycles. The molecule has 0 heterocycles. The fourth-order valence-corrected chi connectivity index (χ4v) is 1.46. The molecule has 0 aliphatic carbocycles. The van der Waals surface area contributed by atoms with E-state index in [2.05, 4.69) is 24.9 Å². The summed E-state index contributed by atoms with van der Waals surface area (Å²) in [4.78, 5) is 0. The summed E-state index contributed by atoms with van der Waals surface area (Å²) in [5.74, 6) is 0. The zero-order valence-corrected chi connectivity index (χ0v) is 11.4. The Morgan fingerprint density at radius 2 is 2.00 bits per heavy atom. The van der Waals surface area contributed by atoms with E-state index in [1.807, 2.05) is 32.1 Å². The topological polar surface area (TPSA) is 38.0 Å². The molecule has 1 rings (SSSR count). The van der Waals surface area contributed by atoms with Gasteiger partial charge in [-0.25, -0.2) is 0 Å². The summed E-state index contributed by atoms with van der Waals surface area (Å²) >= 11 is 0. The van der Waals surface area contributed by atoms with Crippen molar-refractivity contribution in [1.29, 1.82) is 0 Å². The molecule has 0 atom stereocenters. The van der Waals surface area contributed by atoms with Crippen LogP contribution in [0, 0.1) is 6.92 Å². The SMILES string of the molecule is C=CCCCCNc1cc(C)ccc1N.CC. The Bertz CT molecular complexity index is 319. The number of anilines is 2. The highest BCUT2D eigenvalue weighted by Gasteiger charge is 1.97. The first-order chi connectivity index (χ1) is 8.24. The molecule has 1 aromatic carbocycles. The molecule has 0 unspecified atom stereocenters. The van der Waals surface area contributed by atoms with E-state index in [4.69, 9.17) is 5.73 Å². The lowest BCUT2D eigenvalue weighted by Gasteiger charge is -2.09. The maximum atomic E-state index is 5.85. The van der Waals surface area contributed by atoms with Crippen molar-refractivity contribution >= 4 is 11.4 Å². The van der Waals surface area contributed by atoms with Crippen LogP contribution in [0.4, 0.5) is 11.4 Å². The molecule has 0 aromatic heterocycles. The summed E-state index contributed by atoms with van der Waals surface area (Å²) in [6, 6.07) is 6.06. The second-order valence-electron chi connectivity index (χ2n) is 3.80. The zero-order valence-electron chi connectivity index (χ0n) is 11.4. The molecule has 1 aromatic rings. The van der Waals surface area contributed by atoms with Crippen LogP contribution in [0.15, 0.2) is 30.9 Å². The molecule has 2 heteroatoms. The number of aryl methyl sites for hydroxylation is 1. The van der Waals surface area contributed by atoms with E-state index in [0.29, 0.717) is 0 Å². The molecule has 3 N–H and O–H groups in total. The van der Waals surface area contributed by atoms with Crippen LogP contribution in [0.1, 0.15) is 38.7 Å². The van der Waals surface area contributed by atoms with E-state index >= 15 is 0 Å². The molecular formula is C15H26N2. The first-order valence-corrected chi connectivity index (χ1v) is 6.45. The Labute approximate surface area is 106 Å². The van der Waals surface area contributed by atoms with Crippen molar-refractivity contribution in [3.63, 3.8) is 0 Å². The summed E-state index contributed by atoms with van der Waals surface area (Å²) in [6.07, 6.45) is 5.38. The van der Waals surface area contributed by atoms with Gasteiger partial charge >= 0.3 is 0 Å². The van der Waals surface area contributed by atoms with E-state index in [-0.39, 0.29) is 0 Å². The number of hydrogen-bond donors (Lipinski definition) is 2. The third-order valence-corrected chi connectivity index (χ3v) is 2.36. The summed E-state index contributed by atoms with van der Waals surface area (Å²) in [7, 11) is 0. The lowest BCUT2D eigenvalue weighted by atomic mass is 10.2. The number of nitrogens with one attached hydrogen (secondary N) is 1. The van der Waals surface area contributed by atoms with E-state index in [1.54, 1.807) is 0 Å². The Kier molecular flexibility index (Phi) is 8.94. The Morgan fingerprint density at radius 1 is 1.29 bits per heavy atom. The van der Waals surface area contributed by atoms with Gasteiger partial charge in [-0.1, -0.05) is 26.0 Å². The van der Waals surface area contributed by atoms with Gasteiger partial charge in [0, 0.05) is 6.54 Å². The van der Waals surface area contributed by atoms with E-state index in [0.717, 1.165) is 30.8 Å². The molecule has 0 amide bonds. The molecule has 0 radical (unpaired) electrons. The third kappa shape index (κ3) is 6.67. The largest absolute Gasteiger partial charge is 0.397 e. The number of nitrogen functional groups attached to an aromatic ring is 1. The van der Waals surface area contributed by atoms with Crippen molar-refractivity contribution in [3.8, 4) is 0 Å². The van der Waals surface area contributed by atoms with E-state index in [9.17, 15) is 0 Å². The normalized spacial score (nSPS) is 9.12. The number of nitrogens with two attached hydrogens (primary N) is 1. The fraction of sp³-hybridized carbons (Fsp3) is 0.467. The van der Waals surface area contributed by atoms with Crippen molar-refractivity contribution in [2.45, 2.75) is 40.0 Å². The van der Waals surface area contributed by atoms with Gasteiger partial charge in [-0.15, -0.1) is 6.58 Å². The molecule has 0 aliphatic rings. The third-order valence-electron chi connectivity index (χ3n) is 2.36. The first-order valence-electron chi connectivity index (χ1n) is 6.45. The zero-order chi connectivity index (χ0) is 13.1. The minimum absolute atomic E-state index is 0.823. The summed E-state index contributed by atoms with van der Waals surface area (Å²) in [5.41, 5.74) is 8.96. The fourth-order valence-electron chi connectivity index (χ4n) is 1.46. The van der Waals surface area contributed by atoms with Crippen LogP contribution < -0.4 is 11.1 Å². The van der Waals surface area contributed by atoms with Gasteiger partial charge in [-0.2, -0.15) is 0 Å². The van der Waals surface area contributed by atoms with Crippen LogP contribution in [0.2, 0.25) is 0 Å². The smallest absolute Gasteiger partial charge is 0.0576 e. The molecular weight excluding hydrogens is 208 g/mol. The Morgan fingerprint density at radius 3 is 2.65 bits per heavy atom. The van der Waals surface area contributed by atoms with Crippen LogP contribution >= 0.6 is 0 Å². The number of allylic oxidation sites excluding steroid dienone is 1. The molecule has 0 aliphatic heterocycles. The highest BCUT2D eigenvalue weighted by molar-refractivity contribution is 5.66. The molecule has 0 fully saturated rings. The minimum Gasteiger partial charge on any atom is -0.397 e. The van der Waals surface area contributed by atoms with Crippen LogP contribution in [-0.2, 0) is 0 Å². The maximum Gasteiger partial charge on any atom is 0.0576 e. The summed E-state index contributed by atoms with van der Waals surface area (Å²) in [5, 5.41) is 3.35. The van der Waals surface area contributed by atoms with Crippen molar-refractivity contribution in [3.05, 3.63) is 36.4 Å². The Hall–Kier alpha value is -1.44. The molecule has 96 valence electrons. The highest BCUT2D eigenvalue weighted by atomic mass is 14.9. The minimum atomic E-state index is 0.823. The van der Waals surface area contributed by atoms with Gasteiger partial charge in [-0.05, 0) is 43.9 Å². The number of rotatable bonds is 6. The Balaban J connectivity index is 0.00000121. The predicted molar refractivity (Wildman–Crippen MR) is 79.5 cm³/mol. The average Bonchev–Trinajstić information content (AvgIpc) is 2.36. The van der Waals surface area contributed by atoms with Crippen molar-refractivity contribution in [2.24, 2.45) is 0 Å². The van der Waals surface area contributed by atoms with E-state index in [1.165, 1.54) is 12.0 Å². The highest BCUT2D eigenvalue weighted by Crippen LogP contribution is 2.19. The van der Waals surface area contributed by atoms with Crippen LogP contribution in [0.3, 0.4) is 0 Å². The second kappa shape index (κ2) is 9.76. The standard InChI is InChI=1S/C13H20N2.C2H6/c1-3-4-5-6-9-15-13-10-11(2)7-8-12(13)14;1-2/h3,7-8,10,15H,1,4-6,9,14H2,2H3;1-2H3. The molecule has 0 bridgehead atoms. The quantitative estimate of drug-likeness (QED) is 0.436. The number of benzene rings is 1. The van der Waals surface area contributed by atoms with Crippen molar-refractivity contribution in [1.82, 2.24) is 0 Å². The average molecular weight is 234 g/mol. The van der Waals surface area contributed by atoms with Gasteiger partial charge in [0.2, 0.25) is 0 Å². The summed E-state index contributed by atoms with van der Waals surface area (Å²) < 4.78 is 0. The monoisotopic (exact) mass is 234 g/mol. The van der Waals surface area contributed by atoms with E-state index < -0.39 is 0 Å². The number of unbranched alkanes of at least 4 members (excludes halogenated alkanes) is 2. The number of hydrogen-bond acceptors (Lipinski definition) is 2. The molecule has 0 saturated heterocycles. The van der Waals surface area contributed by atoms with Gasteiger partial charge in [0.25, 0.3) is 0 Å². The first kappa shape index (κ1) is 15.6. The predicted octanol–water partition coefficient (Wildman–Crippen LogP) is 4.37. The van der Waals surface area contributed by atoms with Gasteiger partial charge in [0.1, 0.15) is 0 Å². The van der Waals surface area contributed by atoms with Gasteiger partial charge < -0.3 is 11.1 Å². The summed E-state index contributed by atoms with van der Waals surface area (Å²) in [6.45, 7) is 10.7. The van der Waals surface area contributed by atoms with Gasteiger partial charge in [-0.3, -0.25) is 0 Å². The lowest BCUT2D eigenvalue weighted by molar-refractivity contribution is 0.780. The van der Waals surface area contributed by atoms with Crippen LogP contribution in [-0.4, -0.2) is 6.54 Å². The second-order valence-corrected chi connectivity index (χ2v) is 3.80. The molecule has 0 spiro atoms. The maximum absolute atomic E-state index is 5.85. The van der Waals surface area contributed by atoms with Crippen molar-refractivity contribution < 1.29 is 0 Å². The molecule has 2 nitrogen and oxygen atoms in total.